The fourth-order valence-electron chi connectivity index (χ4n) is 3.52. The Morgan fingerprint density at radius 3 is 2.85 bits per heavy atom. The van der Waals surface area contributed by atoms with E-state index in [2.05, 4.69) is 15.0 Å². The summed E-state index contributed by atoms with van der Waals surface area (Å²) >= 11 is 0. The molecule has 0 saturated carbocycles. The van der Waals surface area contributed by atoms with Crippen LogP contribution in [0.4, 0.5) is 0 Å². The lowest BCUT2D eigenvalue weighted by Crippen LogP contribution is -2.38. The van der Waals surface area contributed by atoms with Gasteiger partial charge in [0.05, 0.1) is 5.60 Å². The standard InChI is InChI=1S/C16H23N5O5/c1-4-16(7-5-8-18-20-17)10(2)13(25-11(3)22)14(26-16)21-9-6-12(23)19-15(21)24/h6,9-10,13-14H,4-5,7-8H2,1-3H3,(H,19,23,24)/t10?,13-,14+,16-/m0/s1. The van der Waals surface area contributed by atoms with Crippen molar-refractivity contribution in [2.75, 3.05) is 6.54 Å². The van der Waals surface area contributed by atoms with Crippen LogP contribution in [0.5, 0.6) is 0 Å². The summed E-state index contributed by atoms with van der Waals surface area (Å²) in [6, 6.07) is 1.22. The van der Waals surface area contributed by atoms with Gasteiger partial charge in [0.15, 0.2) is 12.3 Å². The lowest BCUT2D eigenvalue weighted by molar-refractivity contribution is -0.154. The van der Waals surface area contributed by atoms with E-state index in [-0.39, 0.29) is 5.92 Å². The molecular weight excluding hydrogens is 342 g/mol. The molecule has 1 unspecified atom stereocenters. The normalized spacial score (nSPS) is 27.7. The van der Waals surface area contributed by atoms with E-state index in [9.17, 15) is 14.4 Å². The number of hydrogen-bond acceptors (Lipinski definition) is 6. The monoisotopic (exact) mass is 365 g/mol. The van der Waals surface area contributed by atoms with Crippen LogP contribution in [0.25, 0.3) is 10.4 Å². The zero-order chi connectivity index (χ0) is 19.3. The highest BCUT2D eigenvalue weighted by molar-refractivity contribution is 5.66. The number of aromatic nitrogens is 2. The van der Waals surface area contributed by atoms with Gasteiger partial charge in [0, 0.05) is 36.6 Å². The number of carbonyl (C=O) groups is 1. The summed E-state index contributed by atoms with van der Waals surface area (Å²) < 4.78 is 12.9. The SMILES string of the molecule is CC[C@@]1(CCCN=[N+]=[N-])O[C@@H](n2ccc(=O)[nH]c2=O)[C@@H](OC(C)=O)C1C. The van der Waals surface area contributed by atoms with Crippen molar-refractivity contribution in [3.8, 4) is 0 Å². The van der Waals surface area contributed by atoms with Crippen molar-refractivity contribution >= 4 is 5.97 Å². The van der Waals surface area contributed by atoms with E-state index in [1.54, 1.807) is 0 Å². The van der Waals surface area contributed by atoms with Crippen LogP contribution in [0.3, 0.4) is 0 Å². The van der Waals surface area contributed by atoms with Gasteiger partial charge in [-0.3, -0.25) is 19.1 Å². The van der Waals surface area contributed by atoms with E-state index < -0.39 is 35.2 Å². The summed E-state index contributed by atoms with van der Waals surface area (Å²) in [5.74, 6) is -0.680. The number of H-pyrrole nitrogens is 1. The minimum atomic E-state index is -0.849. The Kier molecular flexibility index (Phi) is 6.23. The number of esters is 1. The summed E-state index contributed by atoms with van der Waals surface area (Å²) in [4.78, 5) is 40.0. The highest BCUT2D eigenvalue weighted by Crippen LogP contribution is 2.47. The Hall–Kier alpha value is -2.58. The molecule has 26 heavy (non-hydrogen) atoms. The number of nitrogens with zero attached hydrogens (tertiary/aromatic N) is 4. The van der Waals surface area contributed by atoms with Gasteiger partial charge in [0.25, 0.3) is 5.56 Å². The number of nitrogens with one attached hydrogen (secondary N) is 1. The Bertz CT molecular complexity index is 812. The fraction of sp³-hybridized carbons (Fsp3) is 0.688. The number of aromatic amines is 1. The molecule has 0 amide bonds. The third-order valence-corrected chi connectivity index (χ3v) is 4.91. The average molecular weight is 365 g/mol. The van der Waals surface area contributed by atoms with Gasteiger partial charge in [-0.15, -0.1) is 0 Å². The molecule has 0 aliphatic carbocycles. The van der Waals surface area contributed by atoms with Crippen molar-refractivity contribution in [2.45, 2.75) is 58.0 Å². The topological polar surface area (TPSA) is 139 Å². The molecule has 1 aromatic rings. The maximum Gasteiger partial charge on any atom is 0.330 e. The molecule has 1 aromatic heterocycles. The van der Waals surface area contributed by atoms with Crippen LogP contribution in [0.1, 0.15) is 46.3 Å². The average Bonchev–Trinajstić information content (AvgIpc) is 2.85. The van der Waals surface area contributed by atoms with Gasteiger partial charge in [0.2, 0.25) is 0 Å². The van der Waals surface area contributed by atoms with Crippen molar-refractivity contribution in [3.63, 3.8) is 0 Å². The van der Waals surface area contributed by atoms with Gasteiger partial charge in [-0.1, -0.05) is 19.0 Å². The summed E-state index contributed by atoms with van der Waals surface area (Å²) in [6.07, 6.45) is 1.60. The van der Waals surface area contributed by atoms with E-state index in [0.717, 1.165) is 0 Å². The number of carbonyl (C=O) groups excluding carboxylic acids is 1. The molecule has 0 aromatic carbocycles. The van der Waals surface area contributed by atoms with Crippen LogP contribution >= 0.6 is 0 Å². The van der Waals surface area contributed by atoms with Gasteiger partial charge in [0.1, 0.15) is 0 Å². The second kappa shape index (κ2) is 8.20. The summed E-state index contributed by atoms with van der Waals surface area (Å²) in [5.41, 5.74) is 6.62. The summed E-state index contributed by atoms with van der Waals surface area (Å²) in [5, 5.41) is 3.54. The Balaban J connectivity index is 2.38. The van der Waals surface area contributed by atoms with Crippen molar-refractivity contribution in [3.05, 3.63) is 43.5 Å². The molecule has 2 rings (SSSR count). The first kappa shape index (κ1) is 19.7. The third kappa shape index (κ3) is 3.97. The van der Waals surface area contributed by atoms with Crippen molar-refractivity contribution in [2.24, 2.45) is 11.0 Å². The minimum absolute atomic E-state index is 0.203. The van der Waals surface area contributed by atoms with E-state index in [1.807, 2.05) is 13.8 Å². The largest absolute Gasteiger partial charge is 0.457 e. The van der Waals surface area contributed by atoms with Crippen LogP contribution in [0.15, 0.2) is 27.0 Å². The number of azide groups is 1. The highest BCUT2D eigenvalue weighted by atomic mass is 16.6. The van der Waals surface area contributed by atoms with Crippen molar-refractivity contribution < 1.29 is 14.3 Å². The lowest BCUT2D eigenvalue weighted by atomic mass is 9.81. The molecule has 0 radical (unpaired) electrons. The zero-order valence-electron chi connectivity index (χ0n) is 15.0. The molecule has 142 valence electrons. The van der Waals surface area contributed by atoms with Crippen LogP contribution in [-0.2, 0) is 14.3 Å². The smallest absolute Gasteiger partial charge is 0.330 e. The first-order chi connectivity index (χ1) is 12.3. The minimum Gasteiger partial charge on any atom is -0.457 e. The lowest BCUT2D eigenvalue weighted by Gasteiger charge is -2.32. The molecule has 4 atom stereocenters. The van der Waals surface area contributed by atoms with E-state index >= 15 is 0 Å². The van der Waals surface area contributed by atoms with E-state index in [1.165, 1.54) is 23.8 Å². The van der Waals surface area contributed by atoms with Crippen molar-refractivity contribution in [1.29, 1.82) is 0 Å². The van der Waals surface area contributed by atoms with Crippen molar-refractivity contribution in [1.82, 2.24) is 9.55 Å². The molecule has 2 heterocycles. The Morgan fingerprint density at radius 1 is 1.54 bits per heavy atom. The maximum absolute atomic E-state index is 12.2. The van der Waals surface area contributed by atoms with Gasteiger partial charge >= 0.3 is 11.7 Å². The van der Waals surface area contributed by atoms with Crippen LogP contribution in [0.2, 0.25) is 0 Å². The molecule has 0 spiro atoms. The quantitative estimate of drug-likeness (QED) is 0.258. The van der Waals surface area contributed by atoms with Gasteiger partial charge in [-0.25, -0.2) is 4.79 Å². The molecule has 1 aliphatic heterocycles. The molecule has 1 saturated heterocycles. The number of hydrogen-bond donors (Lipinski definition) is 1. The van der Waals surface area contributed by atoms with Crippen LogP contribution in [0, 0.1) is 5.92 Å². The molecule has 10 heteroatoms. The zero-order valence-corrected chi connectivity index (χ0v) is 15.0. The second-order valence-electron chi connectivity index (χ2n) is 6.36. The summed E-state index contributed by atoms with van der Waals surface area (Å²) in [7, 11) is 0. The van der Waals surface area contributed by atoms with Gasteiger partial charge < -0.3 is 9.47 Å². The number of rotatable bonds is 7. The first-order valence-electron chi connectivity index (χ1n) is 8.52. The maximum atomic E-state index is 12.2. The van der Waals surface area contributed by atoms with Crippen LogP contribution in [-0.4, -0.2) is 33.8 Å². The fourth-order valence-corrected chi connectivity index (χ4v) is 3.52. The first-order valence-corrected chi connectivity index (χ1v) is 8.52. The third-order valence-electron chi connectivity index (χ3n) is 4.91. The molecule has 1 N–H and O–H groups in total. The van der Waals surface area contributed by atoms with E-state index in [4.69, 9.17) is 15.0 Å². The molecule has 1 aliphatic rings. The second-order valence-corrected chi connectivity index (χ2v) is 6.36. The molecular formula is C16H23N5O5. The van der Waals surface area contributed by atoms with E-state index in [0.29, 0.717) is 25.8 Å². The van der Waals surface area contributed by atoms with Crippen LogP contribution < -0.4 is 11.2 Å². The Morgan fingerprint density at radius 2 is 2.27 bits per heavy atom. The Labute approximate surface area is 149 Å². The molecule has 10 nitrogen and oxygen atoms in total. The number of ether oxygens (including phenoxy) is 2. The summed E-state index contributed by atoms with van der Waals surface area (Å²) in [6.45, 7) is 5.48. The molecule has 0 bridgehead atoms. The van der Waals surface area contributed by atoms with Gasteiger partial charge in [-0.2, -0.15) is 0 Å². The predicted octanol–water partition coefficient (Wildman–Crippen LogP) is 1.87. The molecule has 1 fully saturated rings. The van der Waals surface area contributed by atoms with Gasteiger partial charge in [-0.05, 0) is 24.8 Å². The predicted molar refractivity (Wildman–Crippen MR) is 92.4 cm³/mol. The highest BCUT2D eigenvalue weighted by Gasteiger charge is 2.53.